The molecule has 0 aliphatic rings. The highest BCUT2D eigenvalue weighted by molar-refractivity contribution is 7.50. The zero-order valence-electron chi connectivity index (χ0n) is 31.5. The molecule has 0 fully saturated rings. The van der Waals surface area contributed by atoms with Gasteiger partial charge in [-0.25, -0.2) is 9.65 Å². The number of carbonyl (C=O) groups excluding carboxylic acids is 2. The highest BCUT2D eigenvalue weighted by atomic mass is 31.2. The average Bonchev–Trinajstić information content (AvgIpc) is 3.07. The summed E-state index contributed by atoms with van der Waals surface area (Å²) in [5.74, 6) is -2.49. The van der Waals surface area contributed by atoms with E-state index in [2.05, 4.69) is 26.0 Å². The van der Waals surface area contributed by atoms with Crippen molar-refractivity contribution in [3.8, 4) is 0 Å². The number of hydrogen-bond donors (Lipinski definition) is 5. The summed E-state index contributed by atoms with van der Waals surface area (Å²) < 4.78 is 16.9. The van der Waals surface area contributed by atoms with Crippen molar-refractivity contribution in [2.75, 3.05) is 13.2 Å². The van der Waals surface area contributed by atoms with E-state index >= 15 is 0 Å². The van der Waals surface area contributed by atoms with Gasteiger partial charge in [0.25, 0.3) is 0 Å². The van der Waals surface area contributed by atoms with Crippen LogP contribution in [0.15, 0.2) is 12.2 Å². The van der Waals surface area contributed by atoms with Crippen LogP contribution in [0.1, 0.15) is 194 Å². The maximum atomic E-state index is 13.2. The van der Waals surface area contributed by atoms with E-state index in [1.165, 1.54) is 96.3 Å². The number of unbranched alkanes of at least 4 members (excludes halogenated alkanes) is 23. The number of allylic oxidation sites excluding steroid dienone is 2. The Morgan fingerprint density at radius 2 is 0.959 bits per heavy atom. The highest BCUT2D eigenvalue weighted by Gasteiger charge is 2.39. The molecule has 0 aliphatic heterocycles. The number of ketones is 2. The first-order chi connectivity index (χ1) is 23.7. The molecular formula is C39H76NO8P. The summed E-state index contributed by atoms with van der Waals surface area (Å²) in [5.41, 5.74) is 0. The van der Waals surface area contributed by atoms with Crippen molar-refractivity contribution in [3.63, 3.8) is 0 Å². The van der Waals surface area contributed by atoms with E-state index in [9.17, 15) is 29.3 Å². The van der Waals surface area contributed by atoms with E-state index in [1.807, 2.05) is 5.09 Å². The second-order valence-corrected chi connectivity index (χ2v) is 15.4. The second-order valence-electron chi connectivity index (χ2n) is 13.9. The molecule has 0 bridgehead atoms. The lowest BCUT2D eigenvalue weighted by molar-refractivity contribution is -0.157. The second kappa shape index (κ2) is 34.2. The van der Waals surface area contributed by atoms with Gasteiger partial charge in [-0.2, -0.15) is 0 Å². The molecule has 0 rings (SSSR count). The third-order valence-corrected chi connectivity index (χ3v) is 10.3. The number of aliphatic hydroxyl groups excluding tert-OH is 3. The first-order valence-electron chi connectivity index (χ1n) is 20.1. The lowest BCUT2D eigenvalue weighted by atomic mass is 9.87. The largest absolute Gasteiger partial charge is 0.405 e. The van der Waals surface area contributed by atoms with Gasteiger partial charge in [0, 0.05) is 19.4 Å². The molecule has 4 atom stereocenters. The minimum absolute atomic E-state index is 0.0799. The Kier molecular flexibility index (Phi) is 33.5. The number of carbonyl (C=O) groups is 2. The molecule has 49 heavy (non-hydrogen) atoms. The van der Waals surface area contributed by atoms with Crippen LogP contribution < -0.4 is 5.09 Å². The molecule has 0 aliphatic carbocycles. The maximum absolute atomic E-state index is 13.2. The molecule has 0 amide bonds. The molecule has 0 aromatic carbocycles. The van der Waals surface area contributed by atoms with Crippen LogP contribution in [0.2, 0.25) is 0 Å². The monoisotopic (exact) mass is 718 g/mol. The number of hydrogen-bond acceptors (Lipinski definition) is 7. The van der Waals surface area contributed by atoms with Gasteiger partial charge >= 0.3 is 7.75 Å². The van der Waals surface area contributed by atoms with Gasteiger partial charge in [-0.05, 0) is 38.5 Å². The Bertz CT molecular complexity index is 855. The van der Waals surface area contributed by atoms with Crippen LogP contribution in [0.3, 0.4) is 0 Å². The van der Waals surface area contributed by atoms with Gasteiger partial charge in [-0.3, -0.25) is 14.1 Å². The first-order valence-corrected chi connectivity index (χ1v) is 21.7. The van der Waals surface area contributed by atoms with Crippen LogP contribution >= 0.6 is 7.75 Å². The summed E-state index contributed by atoms with van der Waals surface area (Å²) in [6.07, 6.45) is 30.2. The Labute approximate surface area is 300 Å². The average molecular weight is 718 g/mol. The predicted molar refractivity (Wildman–Crippen MR) is 201 cm³/mol. The minimum atomic E-state index is -4.57. The van der Waals surface area contributed by atoms with E-state index in [4.69, 9.17) is 9.63 Å². The fourth-order valence-electron chi connectivity index (χ4n) is 6.16. The highest BCUT2D eigenvalue weighted by Crippen LogP contribution is 2.39. The molecule has 5 N–H and O–H groups in total. The zero-order chi connectivity index (χ0) is 36.4. The van der Waals surface area contributed by atoms with Gasteiger partial charge in [0.15, 0.2) is 6.29 Å². The Morgan fingerprint density at radius 1 is 0.612 bits per heavy atom. The summed E-state index contributed by atoms with van der Waals surface area (Å²) in [7, 11) is -4.57. The van der Waals surface area contributed by atoms with Crippen molar-refractivity contribution in [1.29, 1.82) is 0 Å². The van der Waals surface area contributed by atoms with Gasteiger partial charge in [-0.1, -0.05) is 154 Å². The lowest BCUT2D eigenvalue weighted by Crippen LogP contribution is -2.43. The summed E-state index contributed by atoms with van der Waals surface area (Å²) >= 11 is 0. The van der Waals surface area contributed by atoms with Crippen molar-refractivity contribution in [2.24, 2.45) is 5.92 Å². The zero-order valence-corrected chi connectivity index (χ0v) is 32.4. The topological polar surface area (TPSA) is 153 Å². The van der Waals surface area contributed by atoms with Crippen molar-refractivity contribution in [3.05, 3.63) is 12.2 Å². The number of aliphatic hydroxyl groups is 3. The molecule has 9 nitrogen and oxygen atoms in total. The van der Waals surface area contributed by atoms with Gasteiger partial charge in [0.1, 0.15) is 23.6 Å². The predicted octanol–water partition coefficient (Wildman–Crippen LogP) is 9.64. The number of rotatable bonds is 38. The molecular weight excluding hydrogens is 641 g/mol. The maximum Gasteiger partial charge on any atom is 0.405 e. The van der Waals surface area contributed by atoms with Crippen molar-refractivity contribution in [2.45, 2.75) is 206 Å². The molecule has 10 heteroatoms. The SMILES string of the molecule is CCCCCCCCC=CCCCCCCCC(=O)C(C(=O)CCCCCCCCCCCCCCC)C(O)C(O)OP(=O)(O)NCCO. The number of Topliss-reactive ketones (excluding diaryl/α,β-unsaturated/α-hetero) is 2. The summed E-state index contributed by atoms with van der Waals surface area (Å²) in [5, 5.41) is 32.1. The van der Waals surface area contributed by atoms with Crippen molar-refractivity contribution >= 4 is 19.3 Å². The lowest BCUT2D eigenvalue weighted by Gasteiger charge is -2.26. The van der Waals surface area contributed by atoms with Crippen LogP contribution in [0.4, 0.5) is 0 Å². The summed E-state index contributed by atoms with van der Waals surface area (Å²) in [6, 6.07) is 0. The molecule has 290 valence electrons. The van der Waals surface area contributed by atoms with E-state index in [0.717, 1.165) is 57.8 Å². The number of nitrogens with one attached hydrogen (secondary N) is 1. The molecule has 0 heterocycles. The molecule has 0 aromatic rings. The van der Waals surface area contributed by atoms with Crippen molar-refractivity contribution < 1.29 is 38.9 Å². The molecule has 0 saturated carbocycles. The van der Waals surface area contributed by atoms with Crippen LogP contribution in [0, 0.1) is 5.92 Å². The molecule has 0 spiro atoms. The Balaban J connectivity index is 4.58. The van der Waals surface area contributed by atoms with Gasteiger partial charge in [0.2, 0.25) is 0 Å². The van der Waals surface area contributed by atoms with E-state index in [-0.39, 0.29) is 19.4 Å². The first kappa shape index (κ1) is 48.1. The fraction of sp³-hybridized carbons (Fsp3) is 0.897. The Morgan fingerprint density at radius 3 is 1.33 bits per heavy atom. The normalized spacial score (nSPS) is 15.0. The molecule has 0 aromatic heterocycles. The Hall–Kier alpha value is -0.930. The smallest absolute Gasteiger partial charge is 0.395 e. The van der Waals surface area contributed by atoms with E-state index in [0.29, 0.717) is 12.8 Å². The minimum Gasteiger partial charge on any atom is -0.395 e. The standard InChI is InChI=1S/C39H76NO8P/c1-3-5-7-9-11-13-15-17-18-20-22-24-26-28-30-32-36(43)37(38(44)39(45)48-49(46,47)40-33-34-41)35(42)31-29-27-25-23-21-19-16-14-12-10-8-6-4-2/h17-18,37-39,41,44-45H,3-16,19-34H2,1-2H3,(H2,40,46,47). The van der Waals surface area contributed by atoms with Gasteiger partial charge in [-0.15, -0.1) is 0 Å². The van der Waals surface area contributed by atoms with Crippen molar-refractivity contribution in [1.82, 2.24) is 5.09 Å². The van der Waals surface area contributed by atoms with Crippen LogP contribution in [0.25, 0.3) is 0 Å². The molecule has 0 radical (unpaired) electrons. The fourth-order valence-corrected chi connectivity index (χ4v) is 7.03. The molecule has 4 unspecified atom stereocenters. The van der Waals surface area contributed by atoms with Gasteiger partial charge in [0.05, 0.1) is 6.61 Å². The van der Waals surface area contributed by atoms with E-state index < -0.39 is 44.2 Å². The summed E-state index contributed by atoms with van der Waals surface area (Å²) in [6.45, 7) is 3.75. The van der Waals surface area contributed by atoms with Crippen LogP contribution in [-0.2, 0) is 18.7 Å². The van der Waals surface area contributed by atoms with E-state index in [1.54, 1.807) is 0 Å². The molecule has 0 saturated heterocycles. The quantitative estimate of drug-likeness (QED) is 0.0138. The van der Waals surface area contributed by atoms with Gasteiger partial charge < -0.3 is 20.2 Å². The summed E-state index contributed by atoms with van der Waals surface area (Å²) in [4.78, 5) is 36.3. The van der Waals surface area contributed by atoms with Crippen LogP contribution in [-0.4, -0.2) is 57.3 Å². The third-order valence-electron chi connectivity index (χ3n) is 9.21. The third kappa shape index (κ3) is 29.4. The van der Waals surface area contributed by atoms with Crippen LogP contribution in [0.5, 0.6) is 0 Å².